The van der Waals surface area contributed by atoms with Gasteiger partial charge < -0.3 is 5.11 Å². The first-order valence-electron chi connectivity index (χ1n) is 6.11. The van der Waals surface area contributed by atoms with E-state index < -0.39 is 0 Å². The second-order valence-electron chi connectivity index (χ2n) is 4.63. The first kappa shape index (κ1) is 12.0. The molecule has 2 heteroatoms. The van der Waals surface area contributed by atoms with Crippen LogP contribution in [0.15, 0.2) is 24.3 Å². The number of rotatable bonds is 3. The van der Waals surface area contributed by atoms with Crippen molar-refractivity contribution in [2.75, 3.05) is 0 Å². The van der Waals surface area contributed by atoms with Crippen molar-refractivity contribution >= 4 is 11.8 Å². The Hall–Kier alpha value is -0.470. The minimum absolute atomic E-state index is 0.0808. The summed E-state index contributed by atoms with van der Waals surface area (Å²) < 4.78 is 0. The molecule has 16 heavy (non-hydrogen) atoms. The van der Waals surface area contributed by atoms with Gasteiger partial charge in [-0.1, -0.05) is 37.1 Å². The number of aryl methyl sites for hydroxylation is 1. The second kappa shape index (κ2) is 5.74. The highest BCUT2D eigenvalue weighted by atomic mass is 32.2. The van der Waals surface area contributed by atoms with Crippen molar-refractivity contribution in [3.05, 3.63) is 35.4 Å². The van der Waals surface area contributed by atoms with E-state index in [0.29, 0.717) is 5.25 Å². The average Bonchev–Trinajstić information content (AvgIpc) is 2.30. The molecule has 0 aliphatic heterocycles. The van der Waals surface area contributed by atoms with Gasteiger partial charge >= 0.3 is 0 Å². The maximum Gasteiger partial charge on any atom is 0.0658 e. The molecular formula is C14H20OS. The lowest BCUT2D eigenvalue weighted by molar-refractivity contribution is 0.137. The van der Waals surface area contributed by atoms with Gasteiger partial charge in [-0.05, 0) is 30.9 Å². The molecule has 1 aromatic carbocycles. The lowest BCUT2D eigenvalue weighted by Crippen LogP contribution is -2.26. The van der Waals surface area contributed by atoms with Crippen molar-refractivity contribution in [2.24, 2.45) is 0 Å². The number of aliphatic hydroxyl groups excluding tert-OH is 1. The fourth-order valence-corrected chi connectivity index (χ4v) is 3.65. The van der Waals surface area contributed by atoms with Crippen LogP contribution in [0.1, 0.15) is 36.8 Å². The molecule has 0 radical (unpaired) electrons. The van der Waals surface area contributed by atoms with Gasteiger partial charge in [0.2, 0.25) is 0 Å². The van der Waals surface area contributed by atoms with Gasteiger partial charge in [-0.25, -0.2) is 0 Å². The third-order valence-corrected chi connectivity index (χ3v) is 4.84. The van der Waals surface area contributed by atoms with Crippen molar-refractivity contribution < 1.29 is 5.11 Å². The van der Waals surface area contributed by atoms with E-state index in [4.69, 9.17) is 0 Å². The van der Waals surface area contributed by atoms with Crippen LogP contribution < -0.4 is 0 Å². The van der Waals surface area contributed by atoms with Gasteiger partial charge in [0.15, 0.2) is 0 Å². The molecule has 1 fully saturated rings. The van der Waals surface area contributed by atoms with Crippen LogP contribution in [0.25, 0.3) is 0 Å². The predicted molar refractivity (Wildman–Crippen MR) is 70.7 cm³/mol. The minimum atomic E-state index is -0.0808. The summed E-state index contributed by atoms with van der Waals surface area (Å²) in [5.74, 6) is 1.04. The number of hydrogen-bond donors (Lipinski definition) is 1. The Morgan fingerprint density at radius 3 is 2.75 bits per heavy atom. The van der Waals surface area contributed by atoms with E-state index in [2.05, 4.69) is 31.2 Å². The van der Waals surface area contributed by atoms with E-state index in [1.165, 1.54) is 30.4 Å². The standard InChI is InChI=1S/C14H20OS/c1-11-6-2-3-7-12(11)10-16-14-9-5-4-8-13(14)15/h2-3,6-7,13-15H,4-5,8-10H2,1H3/t13-,14-/m1/s1. The molecule has 0 saturated heterocycles. The van der Waals surface area contributed by atoms with Crippen molar-refractivity contribution in [2.45, 2.75) is 49.7 Å². The van der Waals surface area contributed by atoms with E-state index in [9.17, 15) is 5.11 Å². The Labute approximate surface area is 102 Å². The summed E-state index contributed by atoms with van der Waals surface area (Å²) in [7, 11) is 0. The van der Waals surface area contributed by atoms with Gasteiger partial charge in [-0.3, -0.25) is 0 Å². The van der Waals surface area contributed by atoms with E-state index in [-0.39, 0.29) is 6.10 Å². The summed E-state index contributed by atoms with van der Waals surface area (Å²) in [5.41, 5.74) is 2.77. The van der Waals surface area contributed by atoms with Gasteiger partial charge in [0.1, 0.15) is 0 Å². The highest BCUT2D eigenvalue weighted by Crippen LogP contribution is 2.31. The van der Waals surface area contributed by atoms with Crippen molar-refractivity contribution in [3.63, 3.8) is 0 Å². The molecule has 0 unspecified atom stereocenters. The Morgan fingerprint density at radius 1 is 1.25 bits per heavy atom. The van der Waals surface area contributed by atoms with Crippen molar-refractivity contribution in [3.8, 4) is 0 Å². The van der Waals surface area contributed by atoms with Crippen LogP contribution in [-0.2, 0) is 5.75 Å². The Morgan fingerprint density at radius 2 is 2.00 bits per heavy atom. The summed E-state index contributed by atoms with van der Waals surface area (Å²) in [4.78, 5) is 0. The third-order valence-electron chi connectivity index (χ3n) is 3.38. The van der Waals surface area contributed by atoms with Crippen LogP contribution in [0.4, 0.5) is 0 Å². The number of aliphatic hydroxyl groups is 1. The smallest absolute Gasteiger partial charge is 0.0658 e. The van der Waals surface area contributed by atoms with Crippen molar-refractivity contribution in [1.29, 1.82) is 0 Å². The average molecular weight is 236 g/mol. The fourth-order valence-electron chi connectivity index (χ4n) is 2.24. The first-order valence-corrected chi connectivity index (χ1v) is 7.16. The molecule has 0 aromatic heterocycles. The summed E-state index contributed by atoms with van der Waals surface area (Å²) >= 11 is 1.92. The molecule has 88 valence electrons. The highest BCUT2D eigenvalue weighted by Gasteiger charge is 2.23. The lowest BCUT2D eigenvalue weighted by Gasteiger charge is -2.27. The van der Waals surface area contributed by atoms with E-state index in [0.717, 1.165) is 12.2 Å². The molecule has 1 saturated carbocycles. The second-order valence-corrected chi connectivity index (χ2v) is 5.86. The van der Waals surface area contributed by atoms with Crippen LogP contribution in [0.5, 0.6) is 0 Å². The molecule has 2 atom stereocenters. The third kappa shape index (κ3) is 3.02. The summed E-state index contributed by atoms with van der Waals surface area (Å²) in [6, 6.07) is 8.53. The molecule has 0 heterocycles. The normalized spacial score (nSPS) is 25.6. The summed E-state index contributed by atoms with van der Waals surface area (Å²) in [6.07, 6.45) is 4.57. The predicted octanol–water partition coefficient (Wildman–Crippen LogP) is 3.53. The molecule has 0 amide bonds. The maximum atomic E-state index is 9.90. The highest BCUT2D eigenvalue weighted by molar-refractivity contribution is 7.99. The molecule has 1 aromatic rings. The van der Waals surface area contributed by atoms with Gasteiger partial charge in [0.25, 0.3) is 0 Å². The molecule has 0 bridgehead atoms. The van der Waals surface area contributed by atoms with Gasteiger partial charge in [0, 0.05) is 11.0 Å². The largest absolute Gasteiger partial charge is 0.392 e. The van der Waals surface area contributed by atoms with E-state index in [1.54, 1.807) is 0 Å². The Bertz CT molecular complexity index is 337. The molecule has 1 aliphatic rings. The Kier molecular flexibility index (Phi) is 4.30. The van der Waals surface area contributed by atoms with Crippen LogP contribution in [0.3, 0.4) is 0 Å². The molecule has 1 N–H and O–H groups in total. The zero-order valence-corrected chi connectivity index (χ0v) is 10.7. The molecule has 2 rings (SSSR count). The number of hydrogen-bond acceptors (Lipinski definition) is 2. The minimum Gasteiger partial charge on any atom is -0.392 e. The summed E-state index contributed by atoms with van der Waals surface area (Å²) in [5, 5.41) is 10.3. The van der Waals surface area contributed by atoms with E-state index >= 15 is 0 Å². The van der Waals surface area contributed by atoms with Crippen LogP contribution in [0.2, 0.25) is 0 Å². The quantitative estimate of drug-likeness (QED) is 0.866. The van der Waals surface area contributed by atoms with E-state index in [1.807, 2.05) is 11.8 Å². The lowest BCUT2D eigenvalue weighted by atomic mass is 9.97. The topological polar surface area (TPSA) is 20.2 Å². The first-order chi connectivity index (χ1) is 7.77. The zero-order valence-electron chi connectivity index (χ0n) is 9.86. The zero-order chi connectivity index (χ0) is 11.4. The SMILES string of the molecule is Cc1ccccc1CS[C@@H]1CCCC[C@H]1O. The maximum absolute atomic E-state index is 9.90. The van der Waals surface area contributed by atoms with Gasteiger partial charge in [-0.2, -0.15) is 11.8 Å². The van der Waals surface area contributed by atoms with Gasteiger partial charge in [-0.15, -0.1) is 0 Å². The molecular weight excluding hydrogens is 216 g/mol. The fraction of sp³-hybridized carbons (Fsp3) is 0.571. The van der Waals surface area contributed by atoms with Crippen molar-refractivity contribution in [1.82, 2.24) is 0 Å². The monoisotopic (exact) mass is 236 g/mol. The number of thioether (sulfide) groups is 1. The Balaban J connectivity index is 1.89. The molecule has 1 nitrogen and oxygen atoms in total. The molecule has 1 aliphatic carbocycles. The summed E-state index contributed by atoms with van der Waals surface area (Å²) in [6.45, 7) is 2.16. The van der Waals surface area contributed by atoms with Gasteiger partial charge in [0.05, 0.1) is 6.10 Å². The van der Waals surface area contributed by atoms with Crippen LogP contribution >= 0.6 is 11.8 Å². The van der Waals surface area contributed by atoms with Crippen LogP contribution in [0, 0.1) is 6.92 Å². The molecule has 0 spiro atoms. The number of benzene rings is 1. The van der Waals surface area contributed by atoms with Crippen LogP contribution in [-0.4, -0.2) is 16.5 Å².